The molecule has 1 aliphatic heterocycles. The first-order valence-corrected chi connectivity index (χ1v) is 8.01. The molecule has 22 heavy (non-hydrogen) atoms. The van der Waals surface area contributed by atoms with Gasteiger partial charge in [0.15, 0.2) is 0 Å². The van der Waals surface area contributed by atoms with Crippen LogP contribution >= 0.6 is 0 Å². The number of hydrogen-bond acceptors (Lipinski definition) is 2. The Morgan fingerprint density at radius 3 is 2.64 bits per heavy atom. The zero-order valence-electron chi connectivity index (χ0n) is 12.7. The molecule has 3 rings (SSSR count). The van der Waals surface area contributed by atoms with Gasteiger partial charge in [-0.05, 0) is 56.6 Å². The van der Waals surface area contributed by atoms with E-state index < -0.39 is 17.2 Å². The fraction of sp³-hybridized carbons (Fsp3) is 0.588. The molecular weight excluding hydrogens is 286 g/mol. The molecule has 0 spiro atoms. The number of hydrogen-bond donors (Lipinski definition) is 1. The minimum Gasteiger partial charge on any atom is -0.341 e. The number of carbonyl (C=O) groups is 1. The van der Waals surface area contributed by atoms with Gasteiger partial charge in [-0.3, -0.25) is 4.79 Å². The predicted octanol–water partition coefficient (Wildman–Crippen LogP) is 2.63. The van der Waals surface area contributed by atoms with Gasteiger partial charge in [0.1, 0.15) is 11.6 Å². The average molecular weight is 308 g/mol. The second-order valence-electron chi connectivity index (χ2n) is 6.65. The lowest BCUT2D eigenvalue weighted by atomic mass is 9.91. The van der Waals surface area contributed by atoms with E-state index in [0.717, 1.165) is 32.2 Å². The molecule has 1 heterocycles. The number of halogens is 2. The average Bonchev–Trinajstić information content (AvgIpc) is 3.25. The molecule has 3 nitrogen and oxygen atoms in total. The number of likely N-dealkylation sites (tertiary alicyclic amines) is 1. The van der Waals surface area contributed by atoms with Crippen molar-refractivity contribution < 1.29 is 13.6 Å². The topological polar surface area (TPSA) is 46.3 Å². The van der Waals surface area contributed by atoms with Crippen molar-refractivity contribution in [1.82, 2.24) is 4.90 Å². The van der Waals surface area contributed by atoms with E-state index in [-0.39, 0.29) is 11.5 Å². The predicted molar refractivity (Wildman–Crippen MR) is 80.1 cm³/mol. The minimum atomic E-state index is -0.625. The summed E-state index contributed by atoms with van der Waals surface area (Å²) in [6.45, 7) is 1.41. The molecule has 0 radical (unpaired) electrons. The summed E-state index contributed by atoms with van der Waals surface area (Å²) < 4.78 is 27.3. The molecule has 1 atom stereocenters. The molecular formula is C17H22F2N2O. The summed E-state index contributed by atoms with van der Waals surface area (Å²) in [6.07, 6.45) is 4.54. The Morgan fingerprint density at radius 1 is 1.32 bits per heavy atom. The van der Waals surface area contributed by atoms with E-state index in [1.54, 1.807) is 0 Å². The van der Waals surface area contributed by atoms with Gasteiger partial charge in [0.25, 0.3) is 0 Å². The highest BCUT2D eigenvalue weighted by molar-refractivity contribution is 5.89. The Kier molecular flexibility index (Phi) is 4.17. The summed E-state index contributed by atoms with van der Waals surface area (Å²) in [7, 11) is 0. The lowest BCUT2D eigenvalue weighted by Gasteiger charge is -2.34. The van der Waals surface area contributed by atoms with Crippen molar-refractivity contribution in [3.8, 4) is 0 Å². The lowest BCUT2D eigenvalue weighted by Crippen LogP contribution is -2.49. The maximum Gasteiger partial charge on any atom is 0.242 e. The molecule has 1 unspecified atom stereocenters. The number of carbonyl (C=O) groups excluding carboxylic acids is 1. The minimum absolute atomic E-state index is 0.0503. The van der Waals surface area contributed by atoms with Crippen molar-refractivity contribution in [3.63, 3.8) is 0 Å². The summed E-state index contributed by atoms with van der Waals surface area (Å²) >= 11 is 0. The summed E-state index contributed by atoms with van der Waals surface area (Å²) in [5.74, 6) is -0.626. The SMILES string of the molecule is NC1(C(=O)N2CCCC(CCc3c(F)cccc3F)C2)CC1. The first-order valence-electron chi connectivity index (χ1n) is 8.01. The van der Waals surface area contributed by atoms with Crippen LogP contribution in [0.3, 0.4) is 0 Å². The normalized spacial score (nSPS) is 23.4. The van der Waals surface area contributed by atoms with Crippen LogP contribution in [0, 0.1) is 17.6 Å². The highest BCUT2D eigenvalue weighted by Crippen LogP contribution is 2.35. The third-order valence-electron chi connectivity index (χ3n) is 4.89. The number of piperidine rings is 1. The Labute approximate surface area is 129 Å². The quantitative estimate of drug-likeness (QED) is 0.929. The lowest BCUT2D eigenvalue weighted by molar-refractivity contribution is -0.135. The maximum absolute atomic E-state index is 13.7. The van der Waals surface area contributed by atoms with Gasteiger partial charge < -0.3 is 10.6 Å². The third kappa shape index (κ3) is 3.14. The number of nitrogens with two attached hydrogens (primary N) is 1. The highest BCUT2D eigenvalue weighted by atomic mass is 19.1. The van der Waals surface area contributed by atoms with Crippen LogP contribution in [0.2, 0.25) is 0 Å². The molecule has 0 bridgehead atoms. The van der Waals surface area contributed by atoms with Crippen LogP contribution in [0.1, 0.15) is 37.7 Å². The standard InChI is InChI=1S/C17H22F2N2O/c18-14-4-1-5-15(19)13(14)7-6-12-3-2-10-21(11-12)16(22)17(20)8-9-17/h1,4-5,12H,2-3,6-11,20H2. The van der Waals surface area contributed by atoms with Gasteiger partial charge in [0, 0.05) is 18.7 Å². The van der Waals surface area contributed by atoms with Gasteiger partial charge >= 0.3 is 0 Å². The number of nitrogens with zero attached hydrogens (tertiary/aromatic N) is 1. The zero-order chi connectivity index (χ0) is 15.7. The Bertz CT molecular complexity index is 552. The number of benzene rings is 1. The molecule has 1 aromatic carbocycles. The first kappa shape index (κ1) is 15.4. The Balaban J connectivity index is 1.58. The molecule has 2 N–H and O–H groups in total. The van der Waals surface area contributed by atoms with Crippen LogP contribution < -0.4 is 5.73 Å². The summed E-state index contributed by atoms with van der Waals surface area (Å²) in [5.41, 5.74) is 5.51. The molecule has 2 aliphatic rings. The van der Waals surface area contributed by atoms with Crippen molar-refractivity contribution in [2.75, 3.05) is 13.1 Å². The molecule has 1 amide bonds. The summed E-state index contributed by atoms with van der Waals surface area (Å²) in [6, 6.07) is 3.96. The van der Waals surface area contributed by atoms with Gasteiger partial charge in [0.2, 0.25) is 5.91 Å². The molecule has 1 aliphatic carbocycles. The number of amides is 1. The monoisotopic (exact) mass is 308 g/mol. The first-order chi connectivity index (χ1) is 10.5. The molecule has 2 fully saturated rings. The highest BCUT2D eigenvalue weighted by Gasteiger charge is 2.48. The third-order valence-corrected chi connectivity index (χ3v) is 4.89. The van der Waals surface area contributed by atoms with Gasteiger partial charge in [-0.2, -0.15) is 0 Å². The van der Waals surface area contributed by atoms with Gasteiger partial charge in [-0.15, -0.1) is 0 Å². The van der Waals surface area contributed by atoms with E-state index in [9.17, 15) is 13.6 Å². The van der Waals surface area contributed by atoms with Crippen LogP contribution in [-0.2, 0) is 11.2 Å². The van der Waals surface area contributed by atoms with E-state index in [1.165, 1.54) is 18.2 Å². The van der Waals surface area contributed by atoms with E-state index >= 15 is 0 Å². The van der Waals surface area contributed by atoms with Crippen LogP contribution in [0.25, 0.3) is 0 Å². The second kappa shape index (κ2) is 5.95. The fourth-order valence-corrected chi connectivity index (χ4v) is 3.27. The fourth-order valence-electron chi connectivity index (χ4n) is 3.27. The summed E-state index contributed by atoms with van der Waals surface area (Å²) in [4.78, 5) is 14.1. The largest absolute Gasteiger partial charge is 0.341 e. The molecule has 1 saturated carbocycles. The Hall–Kier alpha value is -1.49. The van der Waals surface area contributed by atoms with E-state index in [0.29, 0.717) is 25.3 Å². The van der Waals surface area contributed by atoms with Gasteiger partial charge in [0.05, 0.1) is 5.54 Å². The second-order valence-corrected chi connectivity index (χ2v) is 6.65. The van der Waals surface area contributed by atoms with Crippen LogP contribution in [0.15, 0.2) is 18.2 Å². The van der Waals surface area contributed by atoms with Crippen molar-refractivity contribution >= 4 is 5.91 Å². The van der Waals surface area contributed by atoms with Crippen molar-refractivity contribution in [3.05, 3.63) is 35.4 Å². The molecule has 0 aromatic heterocycles. The van der Waals surface area contributed by atoms with Crippen LogP contribution in [0.5, 0.6) is 0 Å². The number of rotatable bonds is 4. The molecule has 5 heteroatoms. The van der Waals surface area contributed by atoms with Crippen LogP contribution in [-0.4, -0.2) is 29.4 Å². The maximum atomic E-state index is 13.7. The smallest absolute Gasteiger partial charge is 0.242 e. The molecule has 120 valence electrons. The van der Waals surface area contributed by atoms with Gasteiger partial charge in [-0.25, -0.2) is 8.78 Å². The van der Waals surface area contributed by atoms with Crippen molar-refractivity contribution in [1.29, 1.82) is 0 Å². The molecule has 1 aromatic rings. The summed E-state index contributed by atoms with van der Waals surface area (Å²) in [5, 5.41) is 0. The Morgan fingerprint density at radius 2 is 2.00 bits per heavy atom. The van der Waals surface area contributed by atoms with E-state index in [2.05, 4.69) is 0 Å². The van der Waals surface area contributed by atoms with Crippen molar-refractivity contribution in [2.45, 2.75) is 44.1 Å². The molecule has 1 saturated heterocycles. The van der Waals surface area contributed by atoms with E-state index in [1.807, 2.05) is 4.90 Å². The van der Waals surface area contributed by atoms with Crippen molar-refractivity contribution in [2.24, 2.45) is 11.7 Å². The van der Waals surface area contributed by atoms with Crippen LogP contribution in [0.4, 0.5) is 8.78 Å². The van der Waals surface area contributed by atoms with Gasteiger partial charge in [-0.1, -0.05) is 6.07 Å². The van der Waals surface area contributed by atoms with E-state index in [4.69, 9.17) is 5.73 Å². The zero-order valence-corrected chi connectivity index (χ0v) is 12.7.